The van der Waals surface area contributed by atoms with Crippen molar-refractivity contribution in [2.75, 3.05) is 25.1 Å². The van der Waals surface area contributed by atoms with Crippen LogP contribution in [0.25, 0.3) is 0 Å². The number of amides is 1. The van der Waals surface area contributed by atoms with Gasteiger partial charge in [0.05, 0.1) is 12.5 Å². The third kappa shape index (κ3) is 4.81. The fourth-order valence-corrected chi connectivity index (χ4v) is 4.38. The van der Waals surface area contributed by atoms with E-state index in [-0.39, 0.29) is 17.5 Å². The van der Waals surface area contributed by atoms with E-state index in [1.54, 1.807) is 0 Å². The summed E-state index contributed by atoms with van der Waals surface area (Å²) in [4.78, 5) is 15.3. The fourth-order valence-electron chi connectivity index (χ4n) is 4.38. The molecule has 9 nitrogen and oxygen atoms in total. The average Bonchev–Trinajstić information content (AvgIpc) is 3.42. The van der Waals surface area contributed by atoms with Gasteiger partial charge in [-0.25, -0.2) is 5.10 Å². The smallest absolute Gasteiger partial charge is 0.493 e. The number of anilines is 1. The molecular weight excluding hydrogens is 448 g/mol. The van der Waals surface area contributed by atoms with E-state index in [9.17, 15) is 22.4 Å². The molecule has 1 aliphatic heterocycles. The molecule has 2 N–H and O–H groups in total. The zero-order valence-corrected chi connectivity index (χ0v) is 18.1. The first kappa shape index (κ1) is 23.1. The fraction of sp³-hybridized carbons (Fsp3) is 0.600. The number of carbonyl (C=O) groups is 1. The van der Waals surface area contributed by atoms with Crippen molar-refractivity contribution in [2.24, 2.45) is 5.92 Å². The van der Waals surface area contributed by atoms with Crippen LogP contribution in [0, 0.1) is 11.7 Å². The summed E-state index contributed by atoms with van der Waals surface area (Å²) >= 11 is 0. The highest BCUT2D eigenvalue weighted by atomic mass is 19.4. The first-order chi connectivity index (χ1) is 15.6. The maximum Gasteiger partial charge on any atom is 0.573 e. The predicted molar refractivity (Wildman–Crippen MR) is 107 cm³/mol. The summed E-state index contributed by atoms with van der Waals surface area (Å²) in [5.41, 5.74) is -0.871. The third-order valence-electron chi connectivity index (χ3n) is 6.18. The van der Waals surface area contributed by atoms with Crippen LogP contribution in [0.5, 0.6) is 11.5 Å². The Balaban J connectivity index is 1.55. The predicted octanol–water partition coefficient (Wildman–Crippen LogP) is 2.70. The maximum atomic E-state index is 14.7. The molecule has 4 rings (SSSR count). The lowest BCUT2D eigenvalue weighted by Gasteiger charge is -2.27. The molecule has 1 aromatic heterocycles. The first-order valence-corrected chi connectivity index (χ1v) is 10.6. The maximum absolute atomic E-state index is 14.7. The lowest BCUT2D eigenvalue weighted by atomic mass is 9.92. The molecule has 180 valence electrons. The summed E-state index contributed by atoms with van der Waals surface area (Å²) in [6, 6.07) is 1.92. The molecule has 1 saturated carbocycles. The highest BCUT2D eigenvalue weighted by molar-refractivity contribution is 5.92. The molecule has 1 amide bonds. The van der Waals surface area contributed by atoms with Crippen molar-refractivity contribution in [3.63, 3.8) is 0 Å². The third-order valence-corrected chi connectivity index (χ3v) is 6.18. The van der Waals surface area contributed by atoms with E-state index in [2.05, 4.69) is 37.6 Å². The summed E-state index contributed by atoms with van der Waals surface area (Å²) in [6.07, 6.45) is -2.59. The van der Waals surface area contributed by atoms with Gasteiger partial charge < -0.3 is 19.7 Å². The summed E-state index contributed by atoms with van der Waals surface area (Å²) in [6.45, 7) is 3.29. The van der Waals surface area contributed by atoms with Crippen molar-refractivity contribution in [1.82, 2.24) is 25.9 Å². The Morgan fingerprint density at radius 1 is 1.33 bits per heavy atom. The topological polar surface area (TPSA) is 105 Å². The quantitative estimate of drug-likeness (QED) is 0.623. The van der Waals surface area contributed by atoms with Gasteiger partial charge in [-0.2, -0.15) is 4.39 Å². The summed E-state index contributed by atoms with van der Waals surface area (Å²) in [7, 11) is 1.14. The molecule has 2 atom stereocenters. The van der Waals surface area contributed by atoms with E-state index in [0.717, 1.165) is 32.6 Å². The largest absolute Gasteiger partial charge is 0.573 e. The van der Waals surface area contributed by atoms with Crippen LogP contribution < -0.4 is 19.7 Å². The molecule has 0 radical (unpaired) electrons. The molecule has 2 heterocycles. The highest BCUT2D eigenvalue weighted by Crippen LogP contribution is 2.53. The second-order valence-corrected chi connectivity index (χ2v) is 8.56. The van der Waals surface area contributed by atoms with E-state index < -0.39 is 29.1 Å². The van der Waals surface area contributed by atoms with Crippen LogP contribution >= 0.6 is 0 Å². The van der Waals surface area contributed by atoms with Crippen LogP contribution in [0.15, 0.2) is 12.1 Å². The number of hydrogen-bond donors (Lipinski definition) is 2. The van der Waals surface area contributed by atoms with Crippen LogP contribution in [0.1, 0.15) is 38.2 Å². The Morgan fingerprint density at radius 2 is 2.09 bits per heavy atom. The number of carbonyl (C=O) groups excluding carboxylic acids is 1. The van der Waals surface area contributed by atoms with Crippen LogP contribution in [0.2, 0.25) is 0 Å². The van der Waals surface area contributed by atoms with E-state index in [0.29, 0.717) is 31.3 Å². The number of benzene rings is 1. The van der Waals surface area contributed by atoms with E-state index in [1.807, 2.05) is 4.90 Å². The van der Waals surface area contributed by atoms with E-state index in [1.165, 1.54) is 6.07 Å². The standard InChI is InChI=1S/C20H24F4N6O3/c1-11-5-8-30(18-26-28-29-27-18)10-12(9-11)25-17(31)19(6-7-19)13-3-4-14(33-20(22,23)24)15(21)16(13)32-2/h3-4,11-12H,5-10H2,1-2H3,(H,25,31)(H,26,27,28,29). The molecule has 1 saturated heterocycles. The average molecular weight is 472 g/mol. The molecule has 2 aromatic rings. The molecule has 1 aromatic carbocycles. The number of ether oxygens (including phenoxy) is 2. The number of aromatic nitrogens is 4. The Labute approximate surface area is 186 Å². The molecule has 33 heavy (non-hydrogen) atoms. The first-order valence-electron chi connectivity index (χ1n) is 10.6. The Kier molecular flexibility index (Phi) is 6.06. The Morgan fingerprint density at radius 3 is 2.70 bits per heavy atom. The van der Waals surface area contributed by atoms with Gasteiger partial charge in [-0.3, -0.25) is 4.79 Å². The van der Waals surface area contributed by atoms with E-state index >= 15 is 0 Å². The normalized spacial score (nSPS) is 22.4. The van der Waals surface area contributed by atoms with Crippen molar-refractivity contribution in [3.8, 4) is 11.5 Å². The molecular formula is C20H24F4N6O3. The summed E-state index contributed by atoms with van der Waals surface area (Å²) < 4.78 is 61.3. The minimum atomic E-state index is -5.05. The monoisotopic (exact) mass is 472 g/mol. The number of tetrazole rings is 1. The minimum Gasteiger partial charge on any atom is -0.493 e. The number of aromatic amines is 1. The van der Waals surface area contributed by atoms with E-state index in [4.69, 9.17) is 4.74 Å². The van der Waals surface area contributed by atoms with Crippen molar-refractivity contribution < 1.29 is 31.8 Å². The van der Waals surface area contributed by atoms with Crippen molar-refractivity contribution in [3.05, 3.63) is 23.5 Å². The van der Waals surface area contributed by atoms with Gasteiger partial charge in [0.15, 0.2) is 11.5 Å². The number of H-pyrrole nitrogens is 1. The molecule has 0 spiro atoms. The van der Waals surface area contributed by atoms with Crippen LogP contribution in [0.4, 0.5) is 23.5 Å². The van der Waals surface area contributed by atoms with Crippen LogP contribution in [-0.4, -0.2) is 59.1 Å². The molecule has 1 aliphatic carbocycles. The van der Waals surface area contributed by atoms with Crippen LogP contribution in [-0.2, 0) is 10.2 Å². The highest BCUT2D eigenvalue weighted by Gasteiger charge is 2.54. The lowest BCUT2D eigenvalue weighted by Crippen LogP contribution is -2.47. The van der Waals surface area contributed by atoms with Gasteiger partial charge in [-0.05, 0) is 48.1 Å². The molecule has 0 bridgehead atoms. The van der Waals surface area contributed by atoms with Gasteiger partial charge in [-0.15, -0.1) is 13.2 Å². The van der Waals surface area contributed by atoms with Crippen LogP contribution in [0.3, 0.4) is 0 Å². The van der Waals surface area contributed by atoms with Crippen molar-refractivity contribution >= 4 is 11.9 Å². The molecule has 2 fully saturated rings. The molecule has 2 aliphatic rings. The number of hydrogen-bond acceptors (Lipinski definition) is 7. The second kappa shape index (κ2) is 8.67. The lowest BCUT2D eigenvalue weighted by molar-refractivity contribution is -0.275. The van der Waals surface area contributed by atoms with Gasteiger partial charge in [0.25, 0.3) is 0 Å². The second-order valence-electron chi connectivity index (χ2n) is 8.56. The summed E-state index contributed by atoms with van der Waals surface area (Å²) in [5.74, 6) is -2.20. The number of alkyl halides is 3. The minimum absolute atomic E-state index is 0.201. The van der Waals surface area contributed by atoms with Crippen molar-refractivity contribution in [2.45, 2.75) is 50.4 Å². The number of methoxy groups -OCH3 is 1. The summed E-state index contributed by atoms with van der Waals surface area (Å²) in [5, 5.41) is 16.9. The SMILES string of the molecule is COc1c(C2(C(=O)NC3CC(C)CCN(c4nnn[nH]4)C3)CC2)ccc(OC(F)(F)F)c1F. The number of halogens is 4. The molecule has 2 unspecified atom stereocenters. The van der Waals surface area contributed by atoms with Gasteiger partial charge in [0.2, 0.25) is 17.7 Å². The Bertz CT molecular complexity index is 996. The zero-order valence-electron chi connectivity index (χ0n) is 18.1. The zero-order chi connectivity index (χ0) is 23.8. The molecule has 13 heteroatoms. The van der Waals surface area contributed by atoms with Gasteiger partial charge >= 0.3 is 6.36 Å². The van der Waals surface area contributed by atoms with Crippen molar-refractivity contribution in [1.29, 1.82) is 0 Å². The number of nitrogens with zero attached hydrogens (tertiary/aromatic N) is 4. The van der Waals surface area contributed by atoms with Gasteiger partial charge in [0, 0.05) is 24.7 Å². The van der Waals surface area contributed by atoms with Gasteiger partial charge in [0.1, 0.15) is 0 Å². The number of rotatable bonds is 6. The number of nitrogens with one attached hydrogen (secondary N) is 2. The Hall–Kier alpha value is -3.12. The van der Waals surface area contributed by atoms with Gasteiger partial charge in [-0.1, -0.05) is 18.1 Å².